The van der Waals surface area contributed by atoms with E-state index in [1.54, 1.807) is 11.3 Å². The first kappa shape index (κ1) is 13.4. The Labute approximate surface area is 124 Å². The Kier molecular flexibility index (Phi) is 3.88. The Balaban J connectivity index is 1.75. The number of carbonyl (C=O) groups excluding carboxylic acids is 1. The van der Waals surface area contributed by atoms with E-state index in [-0.39, 0.29) is 11.9 Å². The first-order valence-corrected chi connectivity index (χ1v) is 8.00. The molecule has 3 heteroatoms. The lowest BCUT2D eigenvalue weighted by molar-refractivity contribution is -0.131. The lowest BCUT2D eigenvalue weighted by atomic mass is 10.0. The van der Waals surface area contributed by atoms with Crippen LogP contribution in [-0.4, -0.2) is 17.4 Å². The molecule has 2 nitrogen and oxygen atoms in total. The fourth-order valence-corrected chi connectivity index (χ4v) is 3.56. The molecule has 1 amide bonds. The number of carbonyl (C=O) groups is 1. The molecule has 104 valence electrons. The van der Waals surface area contributed by atoms with E-state index < -0.39 is 0 Å². The van der Waals surface area contributed by atoms with E-state index >= 15 is 0 Å². The van der Waals surface area contributed by atoms with E-state index in [2.05, 4.69) is 36.1 Å². The Morgan fingerprint density at radius 3 is 2.80 bits per heavy atom. The van der Waals surface area contributed by atoms with Crippen LogP contribution in [0.5, 0.6) is 0 Å². The highest BCUT2D eigenvalue weighted by atomic mass is 32.1. The number of rotatable bonds is 3. The highest BCUT2D eigenvalue weighted by Gasteiger charge is 2.29. The van der Waals surface area contributed by atoms with E-state index in [9.17, 15) is 4.79 Å². The summed E-state index contributed by atoms with van der Waals surface area (Å²) in [7, 11) is 0. The van der Waals surface area contributed by atoms with Crippen molar-refractivity contribution >= 4 is 17.2 Å². The van der Waals surface area contributed by atoms with Gasteiger partial charge < -0.3 is 4.90 Å². The van der Waals surface area contributed by atoms with Gasteiger partial charge >= 0.3 is 0 Å². The molecule has 2 heterocycles. The van der Waals surface area contributed by atoms with Crippen molar-refractivity contribution in [3.63, 3.8) is 0 Å². The third-order valence-electron chi connectivity index (χ3n) is 3.94. The molecular formula is C17H19NOS. The van der Waals surface area contributed by atoms with Gasteiger partial charge in [-0.05, 0) is 36.8 Å². The molecule has 1 unspecified atom stereocenters. The lowest BCUT2D eigenvalue weighted by Crippen LogP contribution is -2.31. The summed E-state index contributed by atoms with van der Waals surface area (Å²) in [5, 5.41) is 2.03. The van der Waals surface area contributed by atoms with Crippen molar-refractivity contribution in [2.24, 2.45) is 0 Å². The van der Waals surface area contributed by atoms with Gasteiger partial charge in [0.1, 0.15) is 0 Å². The molecule has 1 atom stereocenters. The van der Waals surface area contributed by atoms with Crippen molar-refractivity contribution in [2.45, 2.75) is 32.2 Å². The minimum absolute atomic E-state index is 0.260. The van der Waals surface area contributed by atoms with Crippen molar-refractivity contribution in [2.75, 3.05) is 6.54 Å². The third kappa shape index (κ3) is 2.78. The van der Waals surface area contributed by atoms with Crippen molar-refractivity contribution in [3.05, 3.63) is 57.8 Å². The number of benzene rings is 1. The predicted octanol–water partition coefficient (Wildman–Crippen LogP) is 3.96. The highest BCUT2D eigenvalue weighted by Crippen LogP contribution is 2.32. The quantitative estimate of drug-likeness (QED) is 0.836. The summed E-state index contributed by atoms with van der Waals surface area (Å²) in [5.41, 5.74) is 2.54. The van der Waals surface area contributed by atoms with Crippen LogP contribution in [-0.2, 0) is 11.2 Å². The summed E-state index contributed by atoms with van der Waals surface area (Å²) in [6.45, 7) is 2.99. The number of amides is 1. The van der Waals surface area contributed by atoms with E-state index in [1.165, 1.54) is 11.1 Å². The molecule has 1 aromatic carbocycles. The second kappa shape index (κ2) is 5.80. The summed E-state index contributed by atoms with van der Waals surface area (Å²) in [5.74, 6) is 0.260. The van der Waals surface area contributed by atoms with E-state index in [4.69, 9.17) is 0 Å². The normalized spacial score (nSPS) is 18.4. The molecular weight excluding hydrogens is 266 g/mol. The average Bonchev–Trinajstić information content (AvgIpc) is 3.10. The Morgan fingerprint density at radius 2 is 2.10 bits per heavy atom. The van der Waals surface area contributed by atoms with Crippen LogP contribution in [0.1, 0.15) is 34.9 Å². The van der Waals surface area contributed by atoms with Gasteiger partial charge in [-0.15, -0.1) is 11.3 Å². The summed E-state index contributed by atoms with van der Waals surface area (Å²) in [6.07, 6.45) is 2.73. The lowest BCUT2D eigenvalue weighted by Gasteiger charge is -2.25. The zero-order chi connectivity index (χ0) is 13.9. The summed E-state index contributed by atoms with van der Waals surface area (Å²) < 4.78 is 0. The van der Waals surface area contributed by atoms with Crippen molar-refractivity contribution < 1.29 is 4.79 Å². The van der Waals surface area contributed by atoms with Crippen molar-refractivity contribution in [1.82, 2.24) is 4.90 Å². The first-order chi connectivity index (χ1) is 9.74. The van der Waals surface area contributed by atoms with Gasteiger partial charge in [-0.25, -0.2) is 0 Å². The number of aryl methyl sites for hydroxylation is 1. The maximum atomic E-state index is 12.5. The predicted molar refractivity (Wildman–Crippen MR) is 82.9 cm³/mol. The van der Waals surface area contributed by atoms with E-state index in [0.29, 0.717) is 6.42 Å². The molecule has 3 rings (SSSR count). The smallest absolute Gasteiger partial charge is 0.228 e. The van der Waals surface area contributed by atoms with Crippen molar-refractivity contribution in [1.29, 1.82) is 0 Å². The van der Waals surface area contributed by atoms with E-state index in [0.717, 1.165) is 24.3 Å². The third-order valence-corrected chi connectivity index (χ3v) is 4.82. The van der Waals surface area contributed by atoms with Gasteiger partial charge in [-0.2, -0.15) is 0 Å². The summed E-state index contributed by atoms with van der Waals surface area (Å²) >= 11 is 1.66. The van der Waals surface area contributed by atoms with Crippen LogP contribution >= 0.6 is 11.3 Å². The number of thiophene rings is 1. The van der Waals surface area contributed by atoms with Gasteiger partial charge in [0.2, 0.25) is 5.91 Å². The molecule has 1 saturated heterocycles. The summed E-state index contributed by atoms with van der Waals surface area (Å²) in [6, 6.07) is 12.9. The molecule has 1 fully saturated rings. The molecule has 1 aromatic heterocycles. The standard InChI is InChI=1S/C17H19NOS/c1-13-6-8-14(9-7-13)16-5-2-10-18(16)17(19)12-15-4-3-11-20-15/h3-4,6-9,11,16H,2,5,10,12H2,1H3. The highest BCUT2D eigenvalue weighted by molar-refractivity contribution is 7.10. The number of likely N-dealkylation sites (tertiary alicyclic amines) is 1. The maximum absolute atomic E-state index is 12.5. The van der Waals surface area contributed by atoms with Gasteiger partial charge in [-0.3, -0.25) is 4.79 Å². The molecule has 1 aliphatic rings. The Morgan fingerprint density at radius 1 is 1.30 bits per heavy atom. The average molecular weight is 285 g/mol. The fraction of sp³-hybridized carbons (Fsp3) is 0.353. The molecule has 0 N–H and O–H groups in total. The molecule has 0 aliphatic carbocycles. The largest absolute Gasteiger partial charge is 0.335 e. The monoisotopic (exact) mass is 285 g/mol. The minimum Gasteiger partial charge on any atom is -0.335 e. The Bertz CT molecular complexity index is 574. The maximum Gasteiger partial charge on any atom is 0.228 e. The topological polar surface area (TPSA) is 20.3 Å². The molecule has 0 radical (unpaired) electrons. The molecule has 0 saturated carbocycles. The van der Waals surface area contributed by atoms with Crippen LogP contribution in [0.3, 0.4) is 0 Å². The van der Waals surface area contributed by atoms with Crippen LogP contribution in [0.4, 0.5) is 0 Å². The Hall–Kier alpha value is -1.61. The zero-order valence-corrected chi connectivity index (χ0v) is 12.5. The SMILES string of the molecule is Cc1ccc(C2CCCN2C(=O)Cc2cccs2)cc1. The van der Waals surface area contributed by atoms with Crippen LogP contribution < -0.4 is 0 Å². The number of hydrogen-bond acceptors (Lipinski definition) is 2. The molecule has 0 bridgehead atoms. The molecule has 20 heavy (non-hydrogen) atoms. The van der Waals surface area contributed by atoms with Crippen LogP contribution in [0.25, 0.3) is 0 Å². The fourth-order valence-electron chi connectivity index (χ4n) is 2.86. The van der Waals surface area contributed by atoms with Gasteiger partial charge in [0.25, 0.3) is 0 Å². The summed E-state index contributed by atoms with van der Waals surface area (Å²) in [4.78, 5) is 15.7. The second-order valence-corrected chi connectivity index (χ2v) is 6.44. The van der Waals surface area contributed by atoms with Crippen LogP contribution in [0.15, 0.2) is 41.8 Å². The van der Waals surface area contributed by atoms with Gasteiger partial charge in [0.05, 0.1) is 12.5 Å². The first-order valence-electron chi connectivity index (χ1n) is 7.12. The molecule has 1 aliphatic heterocycles. The van der Waals surface area contributed by atoms with Crippen LogP contribution in [0.2, 0.25) is 0 Å². The minimum atomic E-state index is 0.260. The van der Waals surface area contributed by atoms with E-state index in [1.807, 2.05) is 17.5 Å². The van der Waals surface area contributed by atoms with Crippen molar-refractivity contribution in [3.8, 4) is 0 Å². The number of hydrogen-bond donors (Lipinski definition) is 0. The van der Waals surface area contributed by atoms with Crippen LogP contribution in [0, 0.1) is 6.92 Å². The van der Waals surface area contributed by atoms with Gasteiger partial charge in [0.15, 0.2) is 0 Å². The molecule has 0 spiro atoms. The van der Waals surface area contributed by atoms with Gasteiger partial charge in [0, 0.05) is 11.4 Å². The number of nitrogens with zero attached hydrogens (tertiary/aromatic N) is 1. The molecule has 2 aromatic rings. The second-order valence-electron chi connectivity index (χ2n) is 5.41. The van der Waals surface area contributed by atoms with Gasteiger partial charge in [-0.1, -0.05) is 35.9 Å². The zero-order valence-electron chi connectivity index (χ0n) is 11.7.